The molecule has 1 N–H and O–H groups in total. The van der Waals surface area contributed by atoms with Crippen LogP contribution in [0.3, 0.4) is 0 Å². The summed E-state index contributed by atoms with van der Waals surface area (Å²) >= 11 is 1.83. The van der Waals surface area contributed by atoms with Crippen LogP contribution < -0.4 is 5.32 Å². The van der Waals surface area contributed by atoms with Gasteiger partial charge in [0.1, 0.15) is 0 Å². The summed E-state index contributed by atoms with van der Waals surface area (Å²) in [6, 6.07) is 11.4. The minimum Gasteiger partial charge on any atom is -0.306 e. The second-order valence-electron chi connectivity index (χ2n) is 4.76. The average Bonchev–Trinajstić information content (AvgIpc) is 2.85. The van der Waals surface area contributed by atoms with Crippen molar-refractivity contribution < 1.29 is 0 Å². The lowest BCUT2D eigenvalue weighted by atomic mass is 9.98. The fourth-order valence-electron chi connectivity index (χ4n) is 2.26. The topological polar surface area (TPSA) is 12.0 Å². The van der Waals surface area contributed by atoms with Gasteiger partial charge >= 0.3 is 0 Å². The third-order valence-electron chi connectivity index (χ3n) is 3.16. The van der Waals surface area contributed by atoms with Gasteiger partial charge in [-0.2, -0.15) is 0 Å². The SMILES string of the molecule is CCCNC(c1cccs1)c1ccc(C)cc1C. The smallest absolute Gasteiger partial charge is 0.0673 e. The predicted molar refractivity (Wildman–Crippen MR) is 80.4 cm³/mol. The molecule has 0 saturated heterocycles. The van der Waals surface area contributed by atoms with Crippen LogP contribution in [-0.2, 0) is 0 Å². The van der Waals surface area contributed by atoms with Gasteiger partial charge in [-0.3, -0.25) is 0 Å². The normalized spacial score (nSPS) is 12.6. The van der Waals surface area contributed by atoms with Crippen LogP contribution in [0.4, 0.5) is 0 Å². The summed E-state index contributed by atoms with van der Waals surface area (Å²) in [5.74, 6) is 0. The highest BCUT2D eigenvalue weighted by Crippen LogP contribution is 2.28. The van der Waals surface area contributed by atoms with Crippen molar-refractivity contribution in [1.29, 1.82) is 0 Å². The van der Waals surface area contributed by atoms with Gasteiger partial charge in [-0.15, -0.1) is 11.3 Å². The van der Waals surface area contributed by atoms with Crippen molar-refractivity contribution in [3.63, 3.8) is 0 Å². The number of nitrogens with one attached hydrogen (secondary N) is 1. The zero-order chi connectivity index (χ0) is 13.0. The van der Waals surface area contributed by atoms with Crippen LogP contribution in [0.2, 0.25) is 0 Å². The van der Waals surface area contributed by atoms with E-state index in [4.69, 9.17) is 0 Å². The summed E-state index contributed by atoms with van der Waals surface area (Å²) in [4.78, 5) is 1.40. The first-order valence-electron chi connectivity index (χ1n) is 6.56. The maximum absolute atomic E-state index is 3.66. The first-order chi connectivity index (χ1) is 8.72. The van der Waals surface area contributed by atoms with E-state index in [-0.39, 0.29) is 0 Å². The molecule has 96 valence electrons. The van der Waals surface area contributed by atoms with E-state index in [0.717, 1.165) is 13.0 Å². The van der Waals surface area contributed by atoms with Crippen molar-refractivity contribution in [3.05, 3.63) is 57.3 Å². The number of aryl methyl sites for hydroxylation is 2. The predicted octanol–water partition coefficient (Wildman–Crippen LogP) is 4.45. The summed E-state index contributed by atoms with van der Waals surface area (Å²) in [6.07, 6.45) is 1.16. The quantitative estimate of drug-likeness (QED) is 0.836. The van der Waals surface area contributed by atoms with E-state index in [9.17, 15) is 0 Å². The molecular weight excluding hydrogens is 238 g/mol. The summed E-state index contributed by atoms with van der Waals surface area (Å²) in [7, 11) is 0. The van der Waals surface area contributed by atoms with Gasteiger partial charge in [-0.25, -0.2) is 0 Å². The molecule has 2 heteroatoms. The van der Waals surface area contributed by atoms with Crippen molar-refractivity contribution in [2.24, 2.45) is 0 Å². The number of hydrogen-bond donors (Lipinski definition) is 1. The second kappa shape index (κ2) is 6.17. The van der Waals surface area contributed by atoms with Gasteiger partial charge in [0.2, 0.25) is 0 Å². The van der Waals surface area contributed by atoms with Gasteiger partial charge < -0.3 is 5.32 Å². The van der Waals surface area contributed by atoms with Crippen LogP contribution in [-0.4, -0.2) is 6.54 Å². The summed E-state index contributed by atoms with van der Waals surface area (Å²) in [5, 5.41) is 5.81. The molecule has 0 fully saturated rings. The zero-order valence-corrected chi connectivity index (χ0v) is 12.2. The van der Waals surface area contributed by atoms with Crippen molar-refractivity contribution in [2.75, 3.05) is 6.54 Å². The van der Waals surface area contributed by atoms with Crippen LogP contribution in [0.1, 0.15) is 41.0 Å². The van der Waals surface area contributed by atoms with E-state index >= 15 is 0 Å². The first kappa shape index (κ1) is 13.3. The summed E-state index contributed by atoms with van der Waals surface area (Å²) in [6.45, 7) is 7.61. The molecule has 0 aliphatic heterocycles. The number of hydrogen-bond acceptors (Lipinski definition) is 2. The van der Waals surface area contributed by atoms with Crippen molar-refractivity contribution >= 4 is 11.3 Å². The molecular formula is C16H21NS. The average molecular weight is 259 g/mol. The van der Waals surface area contributed by atoms with Crippen molar-refractivity contribution in [2.45, 2.75) is 33.2 Å². The fourth-order valence-corrected chi connectivity index (χ4v) is 3.08. The third-order valence-corrected chi connectivity index (χ3v) is 4.10. The Kier molecular flexibility index (Phi) is 4.56. The lowest BCUT2D eigenvalue weighted by Gasteiger charge is -2.20. The minimum atomic E-state index is 0.338. The maximum Gasteiger partial charge on any atom is 0.0673 e. The largest absolute Gasteiger partial charge is 0.306 e. The molecule has 1 aromatic carbocycles. The number of benzene rings is 1. The molecule has 0 saturated carbocycles. The molecule has 0 amide bonds. The molecule has 0 radical (unpaired) electrons. The third kappa shape index (κ3) is 3.01. The Morgan fingerprint density at radius 2 is 2.06 bits per heavy atom. The highest BCUT2D eigenvalue weighted by molar-refractivity contribution is 7.10. The summed E-state index contributed by atoms with van der Waals surface area (Å²) in [5.41, 5.74) is 4.10. The van der Waals surface area contributed by atoms with E-state index in [0.29, 0.717) is 6.04 Å². The standard InChI is InChI=1S/C16H21NS/c1-4-9-17-16(15-6-5-10-18-15)14-8-7-12(2)11-13(14)3/h5-8,10-11,16-17H,4,9H2,1-3H3. The Bertz CT molecular complexity index is 488. The fraction of sp³-hybridized carbons (Fsp3) is 0.375. The molecule has 1 unspecified atom stereocenters. The van der Waals surface area contributed by atoms with E-state index in [1.165, 1.54) is 21.6 Å². The number of thiophene rings is 1. The zero-order valence-electron chi connectivity index (χ0n) is 11.4. The molecule has 2 rings (SSSR count). The minimum absolute atomic E-state index is 0.338. The molecule has 0 spiro atoms. The van der Waals surface area contributed by atoms with E-state index < -0.39 is 0 Å². The number of rotatable bonds is 5. The Labute approximate surface area is 114 Å². The maximum atomic E-state index is 3.66. The highest BCUT2D eigenvalue weighted by atomic mass is 32.1. The molecule has 1 nitrogen and oxygen atoms in total. The first-order valence-corrected chi connectivity index (χ1v) is 7.44. The van der Waals surface area contributed by atoms with Crippen molar-refractivity contribution in [1.82, 2.24) is 5.32 Å². The lowest BCUT2D eigenvalue weighted by molar-refractivity contribution is 0.603. The Morgan fingerprint density at radius 1 is 1.22 bits per heavy atom. The molecule has 1 atom stereocenters. The van der Waals surface area contributed by atoms with Gasteiger partial charge in [0.05, 0.1) is 6.04 Å². The lowest BCUT2D eigenvalue weighted by Crippen LogP contribution is -2.23. The Hall–Kier alpha value is -1.12. The van der Waals surface area contributed by atoms with Gasteiger partial charge in [0.15, 0.2) is 0 Å². The Morgan fingerprint density at radius 3 is 2.67 bits per heavy atom. The molecule has 0 bridgehead atoms. The second-order valence-corrected chi connectivity index (χ2v) is 5.74. The van der Waals surface area contributed by atoms with E-state index in [2.05, 4.69) is 61.8 Å². The van der Waals surface area contributed by atoms with E-state index in [1.807, 2.05) is 11.3 Å². The van der Waals surface area contributed by atoms with Crippen LogP contribution in [0.5, 0.6) is 0 Å². The van der Waals surface area contributed by atoms with Gasteiger partial charge in [0.25, 0.3) is 0 Å². The van der Waals surface area contributed by atoms with Crippen LogP contribution in [0, 0.1) is 13.8 Å². The van der Waals surface area contributed by atoms with Crippen molar-refractivity contribution in [3.8, 4) is 0 Å². The van der Waals surface area contributed by atoms with Crippen LogP contribution in [0.15, 0.2) is 35.7 Å². The molecule has 2 aromatic rings. The van der Waals surface area contributed by atoms with Gasteiger partial charge in [-0.1, -0.05) is 36.8 Å². The van der Waals surface area contributed by atoms with Gasteiger partial charge in [0, 0.05) is 4.88 Å². The molecule has 1 heterocycles. The highest BCUT2D eigenvalue weighted by Gasteiger charge is 2.16. The molecule has 0 aliphatic carbocycles. The molecule has 0 aliphatic rings. The van der Waals surface area contributed by atoms with E-state index in [1.54, 1.807) is 0 Å². The summed E-state index contributed by atoms with van der Waals surface area (Å²) < 4.78 is 0. The van der Waals surface area contributed by atoms with Crippen LogP contribution >= 0.6 is 11.3 Å². The monoisotopic (exact) mass is 259 g/mol. The van der Waals surface area contributed by atoms with Gasteiger partial charge in [-0.05, 0) is 49.4 Å². The molecule has 1 aromatic heterocycles. The molecule has 18 heavy (non-hydrogen) atoms. The Balaban J connectivity index is 2.33. The van der Waals surface area contributed by atoms with Crippen LogP contribution in [0.25, 0.3) is 0 Å².